The number of hydrogen-bond donors (Lipinski definition) is 3. The number of amides is 1. The number of phenolic OH excluding ortho intramolecular Hbond substituents is 1. The molecule has 8 nitrogen and oxygen atoms in total. The highest BCUT2D eigenvalue weighted by Gasteiger charge is 2.12. The number of ether oxygens (including phenoxy) is 4. The number of carbonyl (C=O) groups excluding carboxylic acids is 1. The van der Waals surface area contributed by atoms with Gasteiger partial charge in [-0.3, -0.25) is 4.79 Å². The summed E-state index contributed by atoms with van der Waals surface area (Å²) in [5.74, 6) is 1.53. The summed E-state index contributed by atoms with van der Waals surface area (Å²) in [5.41, 5.74) is 1.38. The van der Waals surface area contributed by atoms with Gasteiger partial charge in [0.15, 0.2) is 23.0 Å². The zero-order valence-corrected chi connectivity index (χ0v) is 16.5. The molecule has 0 aliphatic rings. The summed E-state index contributed by atoms with van der Waals surface area (Å²) in [6, 6.07) is 8.47. The molecule has 0 radical (unpaired) electrons. The molecule has 8 heteroatoms. The minimum atomic E-state index is -0.198. The number of nitrogens with one attached hydrogen (secondary N) is 2. The van der Waals surface area contributed by atoms with Gasteiger partial charge in [0.1, 0.15) is 0 Å². The van der Waals surface area contributed by atoms with Gasteiger partial charge in [0.25, 0.3) is 5.91 Å². The summed E-state index contributed by atoms with van der Waals surface area (Å²) in [6.45, 7) is 1.53. The highest BCUT2D eigenvalue weighted by molar-refractivity contribution is 5.94. The maximum absolute atomic E-state index is 12.3. The second kappa shape index (κ2) is 10.3. The van der Waals surface area contributed by atoms with Gasteiger partial charge in [0, 0.05) is 25.2 Å². The summed E-state index contributed by atoms with van der Waals surface area (Å²) < 4.78 is 20.7. The molecule has 0 heterocycles. The molecular formula is C20H26N2O6. The maximum atomic E-state index is 12.3. The average Bonchev–Trinajstić information content (AvgIpc) is 2.73. The normalized spacial score (nSPS) is 10.3. The molecule has 0 fully saturated rings. The van der Waals surface area contributed by atoms with Crippen molar-refractivity contribution in [3.05, 3.63) is 41.5 Å². The smallest absolute Gasteiger partial charge is 0.251 e. The van der Waals surface area contributed by atoms with Crippen LogP contribution in [0.5, 0.6) is 28.7 Å². The summed E-state index contributed by atoms with van der Waals surface area (Å²) in [6.07, 6.45) is 0. The molecule has 0 aliphatic heterocycles. The highest BCUT2D eigenvalue weighted by Crippen LogP contribution is 2.37. The van der Waals surface area contributed by atoms with E-state index in [1.165, 1.54) is 21.3 Å². The Morgan fingerprint density at radius 2 is 1.46 bits per heavy atom. The van der Waals surface area contributed by atoms with E-state index in [9.17, 15) is 9.90 Å². The first kappa shape index (κ1) is 21.2. The summed E-state index contributed by atoms with van der Waals surface area (Å²) in [5, 5.41) is 16.0. The van der Waals surface area contributed by atoms with E-state index in [-0.39, 0.29) is 11.7 Å². The SMILES string of the molecule is COc1ccc(C(=O)NCCNCc2cc(OC)c(O)c(OC)c2)cc1OC. The fraction of sp³-hybridized carbons (Fsp3) is 0.350. The molecule has 3 N–H and O–H groups in total. The van der Waals surface area contributed by atoms with Gasteiger partial charge < -0.3 is 34.7 Å². The lowest BCUT2D eigenvalue weighted by Gasteiger charge is -2.12. The topological polar surface area (TPSA) is 98.3 Å². The first-order valence-electron chi connectivity index (χ1n) is 8.68. The Morgan fingerprint density at radius 3 is 2.04 bits per heavy atom. The minimum absolute atomic E-state index is 0.0315. The molecule has 1 amide bonds. The van der Waals surface area contributed by atoms with E-state index >= 15 is 0 Å². The zero-order chi connectivity index (χ0) is 20.5. The van der Waals surface area contributed by atoms with Gasteiger partial charge in [0.2, 0.25) is 5.75 Å². The largest absolute Gasteiger partial charge is 0.502 e. The minimum Gasteiger partial charge on any atom is -0.502 e. The van der Waals surface area contributed by atoms with Gasteiger partial charge in [-0.2, -0.15) is 0 Å². The molecule has 2 aromatic carbocycles. The Hall–Kier alpha value is -3.13. The first-order chi connectivity index (χ1) is 13.5. The van der Waals surface area contributed by atoms with Crippen LogP contribution in [-0.2, 0) is 6.54 Å². The number of carbonyl (C=O) groups is 1. The van der Waals surface area contributed by atoms with Crippen molar-refractivity contribution in [2.24, 2.45) is 0 Å². The van der Waals surface area contributed by atoms with E-state index in [0.29, 0.717) is 48.2 Å². The first-order valence-corrected chi connectivity index (χ1v) is 8.68. The third-order valence-corrected chi connectivity index (χ3v) is 4.10. The Labute approximate surface area is 164 Å². The molecule has 0 aromatic heterocycles. The lowest BCUT2D eigenvalue weighted by molar-refractivity contribution is 0.0953. The molecule has 0 saturated carbocycles. The zero-order valence-electron chi connectivity index (χ0n) is 16.5. The number of rotatable bonds is 10. The van der Waals surface area contributed by atoms with Crippen molar-refractivity contribution < 1.29 is 28.8 Å². The molecule has 0 unspecified atom stereocenters. The molecular weight excluding hydrogens is 364 g/mol. The Bertz CT molecular complexity index is 784. The van der Waals surface area contributed by atoms with Crippen molar-refractivity contribution in [2.75, 3.05) is 41.5 Å². The van der Waals surface area contributed by atoms with Crippen LogP contribution in [0.3, 0.4) is 0 Å². The van der Waals surface area contributed by atoms with Crippen LogP contribution in [0.4, 0.5) is 0 Å². The van der Waals surface area contributed by atoms with E-state index < -0.39 is 0 Å². The monoisotopic (exact) mass is 390 g/mol. The predicted octanol–water partition coefficient (Wildman–Crippen LogP) is 1.95. The number of aromatic hydroxyl groups is 1. The molecule has 0 atom stereocenters. The fourth-order valence-electron chi connectivity index (χ4n) is 2.63. The van der Waals surface area contributed by atoms with Crippen LogP contribution in [0.1, 0.15) is 15.9 Å². The van der Waals surface area contributed by atoms with Crippen molar-refractivity contribution in [3.63, 3.8) is 0 Å². The Morgan fingerprint density at radius 1 is 0.857 bits per heavy atom. The van der Waals surface area contributed by atoms with Gasteiger partial charge in [0.05, 0.1) is 28.4 Å². The number of phenols is 1. The third kappa shape index (κ3) is 5.20. The molecule has 2 rings (SSSR count). The number of benzene rings is 2. The molecule has 0 saturated heterocycles. The lowest BCUT2D eigenvalue weighted by Crippen LogP contribution is -2.31. The van der Waals surface area contributed by atoms with E-state index in [1.807, 2.05) is 0 Å². The average molecular weight is 390 g/mol. The third-order valence-electron chi connectivity index (χ3n) is 4.10. The van der Waals surface area contributed by atoms with E-state index in [0.717, 1.165) is 5.56 Å². The standard InChI is InChI=1S/C20H26N2O6/c1-25-15-6-5-14(11-16(15)26-2)20(24)22-8-7-21-12-13-9-17(27-3)19(23)18(10-13)28-4/h5-6,9-11,21,23H,7-8,12H2,1-4H3,(H,22,24). The molecule has 0 spiro atoms. The summed E-state index contributed by atoms with van der Waals surface area (Å²) >= 11 is 0. The predicted molar refractivity (Wildman–Crippen MR) is 105 cm³/mol. The van der Waals surface area contributed by atoms with Gasteiger partial charge in [-0.05, 0) is 35.9 Å². The lowest BCUT2D eigenvalue weighted by atomic mass is 10.1. The van der Waals surface area contributed by atoms with Crippen LogP contribution < -0.4 is 29.6 Å². The van der Waals surface area contributed by atoms with Crippen LogP contribution in [0, 0.1) is 0 Å². The molecule has 0 bridgehead atoms. The van der Waals surface area contributed by atoms with Crippen molar-refractivity contribution in [1.82, 2.24) is 10.6 Å². The van der Waals surface area contributed by atoms with Gasteiger partial charge >= 0.3 is 0 Å². The van der Waals surface area contributed by atoms with Crippen molar-refractivity contribution in [1.29, 1.82) is 0 Å². The van der Waals surface area contributed by atoms with Crippen LogP contribution in [0.15, 0.2) is 30.3 Å². The van der Waals surface area contributed by atoms with E-state index in [2.05, 4.69) is 10.6 Å². The number of hydrogen-bond acceptors (Lipinski definition) is 7. The van der Waals surface area contributed by atoms with Crippen LogP contribution in [0.25, 0.3) is 0 Å². The van der Waals surface area contributed by atoms with Gasteiger partial charge in [-0.1, -0.05) is 0 Å². The maximum Gasteiger partial charge on any atom is 0.251 e. The van der Waals surface area contributed by atoms with Gasteiger partial charge in [-0.15, -0.1) is 0 Å². The van der Waals surface area contributed by atoms with Gasteiger partial charge in [-0.25, -0.2) is 0 Å². The molecule has 152 valence electrons. The van der Waals surface area contributed by atoms with E-state index in [1.54, 1.807) is 37.4 Å². The van der Waals surface area contributed by atoms with Crippen LogP contribution >= 0.6 is 0 Å². The second-order valence-corrected chi connectivity index (χ2v) is 5.85. The van der Waals surface area contributed by atoms with Crippen LogP contribution in [-0.4, -0.2) is 52.5 Å². The van der Waals surface area contributed by atoms with Crippen molar-refractivity contribution >= 4 is 5.91 Å². The Kier molecular flexibility index (Phi) is 7.76. The summed E-state index contributed by atoms with van der Waals surface area (Å²) in [7, 11) is 6.03. The Balaban J connectivity index is 1.84. The molecule has 0 aliphatic carbocycles. The fourth-order valence-corrected chi connectivity index (χ4v) is 2.63. The van der Waals surface area contributed by atoms with Crippen LogP contribution in [0.2, 0.25) is 0 Å². The quantitative estimate of drug-likeness (QED) is 0.533. The summed E-state index contributed by atoms with van der Waals surface area (Å²) in [4.78, 5) is 12.3. The van der Waals surface area contributed by atoms with E-state index in [4.69, 9.17) is 18.9 Å². The van der Waals surface area contributed by atoms with Crippen molar-refractivity contribution in [3.8, 4) is 28.7 Å². The van der Waals surface area contributed by atoms with Crippen molar-refractivity contribution in [2.45, 2.75) is 6.54 Å². The molecule has 28 heavy (non-hydrogen) atoms. The highest BCUT2D eigenvalue weighted by atomic mass is 16.5. The molecule has 2 aromatic rings. The second-order valence-electron chi connectivity index (χ2n) is 5.85. The number of methoxy groups -OCH3 is 4.